The second-order valence-electron chi connectivity index (χ2n) is 5.79. The molecule has 2 aromatic rings. The van der Waals surface area contributed by atoms with Crippen LogP contribution in [0.5, 0.6) is 0 Å². The van der Waals surface area contributed by atoms with Crippen molar-refractivity contribution in [2.24, 2.45) is 0 Å². The molecule has 0 saturated heterocycles. The second-order valence-corrected chi connectivity index (χ2v) is 7.49. The minimum atomic E-state index is -3.60. The summed E-state index contributed by atoms with van der Waals surface area (Å²) in [6, 6.07) is 6.23. The van der Waals surface area contributed by atoms with Gasteiger partial charge >= 0.3 is 0 Å². The average Bonchev–Trinajstić information content (AvgIpc) is 2.85. The van der Waals surface area contributed by atoms with Gasteiger partial charge in [-0.05, 0) is 56.2 Å². The molecule has 0 fully saturated rings. The van der Waals surface area contributed by atoms with Gasteiger partial charge in [0.1, 0.15) is 10.6 Å². The standard InChI is InChI=1S/C16H20N2O3S/c1-11-16(12(2)21-18-11)22(19,20)17-10-13-7-8-14-5-3-4-6-15(14)9-13/h7-9,17H,3-6,10H2,1-2H3. The van der Waals surface area contributed by atoms with Crippen LogP contribution in [0, 0.1) is 13.8 Å². The van der Waals surface area contributed by atoms with E-state index in [2.05, 4.69) is 22.0 Å². The van der Waals surface area contributed by atoms with E-state index in [0.717, 1.165) is 18.4 Å². The number of aryl methyl sites for hydroxylation is 4. The Balaban J connectivity index is 1.77. The van der Waals surface area contributed by atoms with Gasteiger partial charge in [-0.15, -0.1) is 0 Å². The first-order chi connectivity index (χ1) is 10.5. The molecule has 0 atom stereocenters. The lowest BCUT2D eigenvalue weighted by Gasteiger charge is -2.16. The van der Waals surface area contributed by atoms with Crippen molar-refractivity contribution < 1.29 is 12.9 Å². The SMILES string of the molecule is Cc1noc(C)c1S(=O)(=O)NCc1ccc2c(c1)CCCC2. The third-order valence-electron chi connectivity index (χ3n) is 4.12. The van der Waals surface area contributed by atoms with E-state index in [-0.39, 0.29) is 11.4 Å². The maximum atomic E-state index is 12.4. The van der Waals surface area contributed by atoms with Crippen LogP contribution < -0.4 is 4.72 Å². The number of rotatable bonds is 4. The zero-order valence-electron chi connectivity index (χ0n) is 12.8. The fourth-order valence-electron chi connectivity index (χ4n) is 3.01. The highest BCUT2D eigenvalue weighted by molar-refractivity contribution is 7.89. The van der Waals surface area contributed by atoms with Gasteiger partial charge in [-0.2, -0.15) is 0 Å². The third-order valence-corrected chi connectivity index (χ3v) is 5.76. The highest BCUT2D eigenvalue weighted by Crippen LogP contribution is 2.23. The van der Waals surface area contributed by atoms with E-state index >= 15 is 0 Å². The third kappa shape index (κ3) is 2.94. The number of nitrogens with zero attached hydrogens (tertiary/aromatic N) is 1. The summed E-state index contributed by atoms with van der Waals surface area (Å²) < 4.78 is 32.3. The Hall–Kier alpha value is -1.66. The van der Waals surface area contributed by atoms with Crippen LogP contribution in [-0.2, 0) is 29.4 Å². The maximum absolute atomic E-state index is 12.4. The summed E-state index contributed by atoms with van der Waals surface area (Å²) in [5.74, 6) is 0.315. The zero-order chi connectivity index (χ0) is 15.7. The van der Waals surface area contributed by atoms with Crippen molar-refractivity contribution in [3.05, 3.63) is 46.3 Å². The Morgan fingerprint density at radius 3 is 2.59 bits per heavy atom. The highest BCUT2D eigenvalue weighted by Gasteiger charge is 2.23. The van der Waals surface area contributed by atoms with E-state index in [1.807, 2.05) is 6.07 Å². The molecule has 1 aliphatic rings. The molecule has 1 N–H and O–H groups in total. The number of benzene rings is 1. The number of hydrogen-bond donors (Lipinski definition) is 1. The number of hydrogen-bond acceptors (Lipinski definition) is 4. The number of sulfonamides is 1. The van der Waals surface area contributed by atoms with Crippen molar-refractivity contribution in [1.29, 1.82) is 0 Å². The molecule has 0 aliphatic heterocycles. The van der Waals surface area contributed by atoms with Crippen LogP contribution in [0.2, 0.25) is 0 Å². The summed E-state index contributed by atoms with van der Waals surface area (Å²) in [5.41, 5.74) is 4.11. The second kappa shape index (κ2) is 5.85. The molecular weight excluding hydrogens is 300 g/mol. The van der Waals surface area contributed by atoms with Gasteiger partial charge in [0.2, 0.25) is 10.0 Å². The van der Waals surface area contributed by atoms with E-state index in [4.69, 9.17) is 4.52 Å². The smallest absolute Gasteiger partial charge is 0.246 e. The fourth-order valence-corrected chi connectivity index (χ4v) is 4.35. The fraction of sp³-hybridized carbons (Fsp3) is 0.438. The number of aromatic nitrogens is 1. The Kier molecular flexibility index (Phi) is 4.06. The molecule has 0 spiro atoms. The van der Waals surface area contributed by atoms with Gasteiger partial charge in [-0.25, -0.2) is 13.1 Å². The molecule has 0 radical (unpaired) electrons. The van der Waals surface area contributed by atoms with Crippen molar-refractivity contribution in [3.8, 4) is 0 Å². The molecule has 1 aromatic carbocycles. The van der Waals surface area contributed by atoms with Crippen LogP contribution in [0.25, 0.3) is 0 Å². The molecule has 0 saturated carbocycles. The van der Waals surface area contributed by atoms with E-state index in [1.54, 1.807) is 13.8 Å². The summed E-state index contributed by atoms with van der Waals surface area (Å²) in [7, 11) is -3.60. The van der Waals surface area contributed by atoms with Crippen molar-refractivity contribution in [1.82, 2.24) is 9.88 Å². The number of fused-ring (bicyclic) bond motifs is 1. The molecule has 1 aliphatic carbocycles. The van der Waals surface area contributed by atoms with E-state index < -0.39 is 10.0 Å². The lowest BCUT2D eigenvalue weighted by atomic mass is 9.90. The van der Waals surface area contributed by atoms with E-state index in [0.29, 0.717) is 11.5 Å². The van der Waals surface area contributed by atoms with Crippen LogP contribution in [0.3, 0.4) is 0 Å². The van der Waals surface area contributed by atoms with Crippen LogP contribution in [0.4, 0.5) is 0 Å². The predicted octanol–water partition coefficient (Wildman–Crippen LogP) is 2.65. The first-order valence-electron chi connectivity index (χ1n) is 7.50. The predicted molar refractivity (Wildman–Crippen MR) is 83.1 cm³/mol. The van der Waals surface area contributed by atoms with E-state index in [1.165, 1.54) is 24.0 Å². The molecule has 0 bridgehead atoms. The van der Waals surface area contributed by atoms with Gasteiger partial charge in [0.15, 0.2) is 5.76 Å². The first kappa shape index (κ1) is 15.2. The molecule has 1 heterocycles. The average molecular weight is 320 g/mol. The maximum Gasteiger partial charge on any atom is 0.246 e. The summed E-state index contributed by atoms with van der Waals surface area (Å²) >= 11 is 0. The van der Waals surface area contributed by atoms with Gasteiger partial charge in [0.25, 0.3) is 0 Å². The summed E-state index contributed by atoms with van der Waals surface area (Å²) in [4.78, 5) is 0.144. The minimum Gasteiger partial charge on any atom is -0.360 e. The molecule has 5 nitrogen and oxygen atoms in total. The molecular formula is C16H20N2O3S. The van der Waals surface area contributed by atoms with Crippen LogP contribution in [-0.4, -0.2) is 13.6 Å². The quantitative estimate of drug-likeness (QED) is 0.940. The summed E-state index contributed by atoms with van der Waals surface area (Å²) in [6.45, 7) is 3.51. The van der Waals surface area contributed by atoms with Gasteiger partial charge < -0.3 is 4.52 Å². The van der Waals surface area contributed by atoms with Gasteiger partial charge in [-0.1, -0.05) is 23.4 Å². The Labute approximate surface area is 130 Å². The first-order valence-corrected chi connectivity index (χ1v) is 8.99. The molecule has 3 rings (SSSR count). The van der Waals surface area contributed by atoms with Gasteiger partial charge in [0.05, 0.1) is 0 Å². The Morgan fingerprint density at radius 2 is 1.91 bits per heavy atom. The Bertz CT molecular complexity index is 774. The summed E-state index contributed by atoms with van der Waals surface area (Å²) in [5, 5.41) is 3.70. The summed E-state index contributed by atoms with van der Waals surface area (Å²) in [6.07, 6.45) is 4.66. The zero-order valence-corrected chi connectivity index (χ0v) is 13.7. The topological polar surface area (TPSA) is 72.2 Å². The molecule has 0 amide bonds. The largest absolute Gasteiger partial charge is 0.360 e. The Morgan fingerprint density at radius 1 is 1.18 bits per heavy atom. The van der Waals surface area contributed by atoms with Crippen LogP contribution in [0.15, 0.2) is 27.6 Å². The normalized spacial score (nSPS) is 14.8. The van der Waals surface area contributed by atoms with Gasteiger partial charge in [-0.3, -0.25) is 0 Å². The van der Waals surface area contributed by atoms with Gasteiger partial charge in [0, 0.05) is 6.54 Å². The van der Waals surface area contributed by atoms with Crippen LogP contribution >= 0.6 is 0 Å². The number of nitrogens with one attached hydrogen (secondary N) is 1. The minimum absolute atomic E-state index is 0.144. The molecule has 0 unspecified atom stereocenters. The lowest BCUT2D eigenvalue weighted by Crippen LogP contribution is -2.24. The van der Waals surface area contributed by atoms with Crippen molar-refractivity contribution >= 4 is 10.0 Å². The molecule has 6 heteroatoms. The van der Waals surface area contributed by atoms with Crippen molar-refractivity contribution in [3.63, 3.8) is 0 Å². The lowest BCUT2D eigenvalue weighted by molar-refractivity contribution is 0.390. The molecule has 1 aromatic heterocycles. The molecule has 22 heavy (non-hydrogen) atoms. The van der Waals surface area contributed by atoms with E-state index in [9.17, 15) is 8.42 Å². The van der Waals surface area contributed by atoms with Crippen molar-refractivity contribution in [2.75, 3.05) is 0 Å². The monoisotopic (exact) mass is 320 g/mol. The molecule has 118 valence electrons. The van der Waals surface area contributed by atoms with Crippen molar-refractivity contribution in [2.45, 2.75) is 51.0 Å². The van der Waals surface area contributed by atoms with Crippen LogP contribution in [0.1, 0.15) is 41.0 Å². The highest BCUT2D eigenvalue weighted by atomic mass is 32.2.